The molecule has 5 aromatic carbocycles. The van der Waals surface area contributed by atoms with Crippen molar-refractivity contribution in [3.63, 3.8) is 0 Å². The summed E-state index contributed by atoms with van der Waals surface area (Å²) in [6.07, 6.45) is 26.3. The van der Waals surface area contributed by atoms with E-state index in [1.165, 1.54) is 138 Å². The van der Waals surface area contributed by atoms with Crippen LogP contribution in [0.3, 0.4) is 0 Å². The number of aldehydes is 5. The number of carbonyl (C=O) groups excluding carboxylic acids is 5. The Kier molecular flexibility index (Phi) is 44.2. The molecule has 0 bridgehead atoms. The van der Waals surface area contributed by atoms with Gasteiger partial charge in [-0.2, -0.15) is 0 Å². The van der Waals surface area contributed by atoms with E-state index in [1.54, 1.807) is 14.2 Å². The number of aliphatic hydroxyl groups excluding tert-OH is 2. The van der Waals surface area contributed by atoms with Gasteiger partial charge in [0.2, 0.25) is 0 Å². The molecule has 12 rings (SSSR count). The molecular weight excluding hydrogens is 1760 g/mol. The van der Waals surface area contributed by atoms with Gasteiger partial charge >= 0.3 is 0 Å². The summed E-state index contributed by atoms with van der Waals surface area (Å²) in [5.74, 6) is 3.01. The lowest BCUT2D eigenvalue weighted by Gasteiger charge is -2.41. The van der Waals surface area contributed by atoms with Gasteiger partial charge in [-0.3, -0.25) is 24.0 Å². The van der Waals surface area contributed by atoms with Crippen molar-refractivity contribution in [1.29, 1.82) is 0 Å². The van der Waals surface area contributed by atoms with E-state index in [0.29, 0.717) is 66.6 Å². The number of aryl methyl sites for hydroxylation is 8. The first kappa shape index (κ1) is 109. The Labute approximate surface area is 814 Å². The molecule has 5 heterocycles. The van der Waals surface area contributed by atoms with Gasteiger partial charge in [0.25, 0.3) is 0 Å². The topological polar surface area (TPSA) is 243 Å². The van der Waals surface area contributed by atoms with Gasteiger partial charge in [-0.05, 0) is 258 Å². The molecule has 2 aliphatic rings. The minimum atomic E-state index is -0.131. The largest absolute Gasteiger partial charge is 0.496 e. The highest BCUT2D eigenvalue weighted by atomic mass is 32.1. The summed E-state index contributed by atoms with van der Waals surface area (Å²) in [7, 11) is 3.23. The number of aliphatic hydroxyl groups is 2. The van der Waals surface area contributed by atoms with Crippen LogP contribution in [0.25, 0.3) is 56.3 Å². The Morgan fingerprint density at radius 2 is 0.677 bits per heavy atom. The third-order valence-electron chi connectivity index (χ3n) is 24.4. The number of rotatable bonds is 41. The summed E-state index contributed by atoms with van der Waals surface area (Å²) in [5, 5.41) is 24.5. The number of hydrogen-bond donors (Lipinski definition) is 2. The van der Waals surface area contributed by atoms with Crippen molar-refractivity contribution in [2.45, 2.75) is 305 Å². The highest BCUT2D eigenvalue weighted by molar-refractivity contribution is 7.19. The van der Waals surface area contributed by atoms with Gasteiger partial charge in [-0.15, -0.1) is 0 Å². The zero-order valence-electron chi connectivity index (χ0n) is 84.0. The van der Waals surface area contributed by atoms with E-state index < -0.39 is 0 Å². The van der Waals surface area contributed by atoms with Crippen molar-refractivity contribution >= 4 is 114 Å². The van der Waals surface area contributed by atoms with E-state index in [1.807, 2.05) is 111 Å². The second kappa shape index (κ2) is 53.9. The van der Waals surface area contributed by atoms with Gasteiger partial charge in [0.1, 0.15) is 23.0 Å². The Morgan fingerprint density at radius 3 is 0.947 bits per heavy atom. The van der Waals surface area contributed by atoms with Crippen molar-refractivity contribution in [3.8, 4) is 79.3 Å². The Bertz CT molecular complexity index is 5230. The number of benzene rings is 5. The lowest BCUT2D eigenvalue weighted by atomic mass is 9.83. The molecule has 0 amide bonds. The smallest absolute Gasteiger partial charge is 0.187 e. The molecule has 26 heteroatoms. The maximum atomic E-state index is 12.1. The minimum absolute atomic E-state index is 0.103. The van der Waals surface area contributed by atoms with Crippen molar-refractivity contribution in [3.05, 3.63) is 146 Å². The third-order valence-corrected chi connectivity index (χ3v) is 29.5. The predicted molar refractivity (Wildman–Crippen MR) is 561 cm³/mol. The lowest BCUT2D eigenvalue weighted by molar-refractivity contribution is 0.111. The normalized spacial score (nSPS) is 12.7. The Morgan fingerprint density at radius 1 is 0.391 bits per heavy atom. The summed E-state index contributed by atoms with van der Waals surface area (Å²) >= 11 is 7.37. The molecule has 21 nitrogen and oxygen atoms in total. The number of unbranched alkanes of at least 4 members (excludes halogenated alkanes) is 4. The molecule has 0 saturated heterocycles. The fourth-order valence-electron chi connectivity index (χ4n) is 17.6. The first-order valence-electron chi connectivity index (χ1n) is 48.2. The van der Waals surface area contributed by atoms with E-state index >= 15 is 0 Å². The van der Waals surface area contributed by atoms with Crippen LogP contribution in [0.4, 0.5) is 25.7 Å². The molecule has 2 aliphatic carbocycles. The minimum Gasteiger partial charge on any atom is -0.496 e. The van der Waals surface area contributed by atoms with Crippen molar-refractivity contribution in [2.24, 2.45) is 0 Å². The highest BCUT2D eigenvalue weighted by Crippen LogP contribution is 2.47. The van der Waals surface area contributed by atoms with Crippen LogP contribution in [0.5, 0.6) is 23.0 Å². The molecule has 0 unspecified atom stereocenters. The van der Waals surface area contributed by atoms with Crippen molar-refractivity contribution in [1.82, 2.24) is 24.9 Å². The van der Waals surface area contributed by atoms with Crippen LogP contribution >= 0.6 is 56.7 Å². The summed E-state index contributed by atoms with van der Waals surface area (Å²) in [5.41, 5.74) is 19.9. The zero-order chi connectivity index (χ0) is 97.3. The van der Waals surface area contributed by atoms with E-state index in [0.717, 1.165) is 261 Å². The van der Waals surface area contributed by atoms with Crippen LogP contribution in [0.1, 0.15) is 322 Å². The van der Waals surface area contributed by atoms with Crippen molar-refractivity contribution in [2.75, 3.05) is 97.7 Å². The van der Waals surface area contributed by atoms with Crippen LogP contribution in [-0.2, 0) is 18.6 Å². The van der Waals surface area contributed by atoms with Crippen LogP contribution < -0.4 is 43.4 Å². The average Bonchev–Trinajstić information content (AvgIpc) is 1.49. The van der Waals surface area contributed by atoms with Gasteiger partial charge in [-0.1, -0.05) is 194 Å². The standard InChI is InChI=1S/C25H34N2O3S.C24H36N2OS.C21H30N2O3S.C19H26N2O2S.C18H24N2O2S/c1-17-13-18(15-28)23(21(14-17)30-2)24-22(16-29)31-25(26-24)27(19-9-5-3-6-10-19)20-11-7-4-8-12-20;1-8-10-12-26(13-11-9-2)23-25-22(20(16-27)28-23)21-17(3)14-19(15-18(21)4)24(5,6)7;1-5-7-9-23(10-8-6-2)21-22-20(18(14-25)27-21)19-16(13-24)11-15(3)12-17(19)26-4;1-7-21(8-2)19-20-18(16(11-22)24-19)17-13(5)9-15(10-14(17)6)23-12(3)4;1-6-20(7-2)18-19-17(15(11-21)23-18)16-12(4)9-14(22-8-3)10-13(16)5/h13-14,16,19-20,28H,3-12,15H2,1-2H3;14-16H,8-13H2,1-7H3;11-12,14,24H,5-10,13H2,1-4H3;9-12H,7-8H2,1-6H3;9-11H,6-8H2,1-5H3. The van der Waals surface area contributed by atoms with Crippen LogP contribution in [0.2, 0.25) is 0 Å². The first-order chi connectivity index (χ1) is 63.9. The van der Waals surface area contributed by atoms with Crippen LogP contribution in [0, 0.1) is 55.4 Å². The quantitative estimate of drug-likeness (QED) is 0.0338. The number of hydrogen-bond acceptors (Lipinski definition) is 26. The van der Waals surface area contributed by atoms with E-state index in [2.05, 4.69) is 127 Å². The van der Waals surface area contributed by atoms with E-state index in [-0.39, 0.29) is 24.7 Å². The fraction of sp³-hybridized carbons (Fsp3) is 0.533. The second-order valence-electron chi connectivity index (χ2n) is 35.9. The molecule has 2 N–H and O–H groups in total. The molecular formula is C107H150N10O11S5. The SMILES string of the molecule is CCCCN(CCCC)c1nc(-c2c(C)cc(C(C)(C)C)cc2C)c(C=O)s1.CCCCN(CCCC)c1nc(-c2c(CO)cc(C)cc2OC)c(C=O)s1.CCN(CC)c1nc(-c2c(C)cc(OC(C)C)cc2C)c(C=O)s1.CCOc1cc(C)c(-c2nc(N(CC)CC)sc2C=O)c(C)c1.COc1cc(C)cc(CO)c1-c1nc(N(C2CCCCC2)C2CCCCC2)sc1C=O. The second-order valence-corrected chi connectivity index (χ2v) is 40.9. The molecule has 0 aliphatic heterocycles. The molecule has 0 spiro atoms. The number of ether oxygens (including phenoxy) is 4. The van der Waals surface area contributed by atoms with Gasteiger partial charge in [0, 0.05) is 92.3 Å². The maximum Gasteiger partial charge on any atom is 0.187 e. The van der Waals surface area contributed by atoms with Gasteiger partial charge in [0.05, 0.1) is 93.0 Å². The predicted octanol–water partition coefficient (Wildman–Crippen LogP) is 27.0. The summed E-state index contributed by atoms with van der Waals surface area (Å²) in [4.78, 5) is 98.1. The summed E-state index contributed by atoms with van der Waals surface area (Å²) < 4.78 is 22.6. The third kappa shape index (κ3) is 28.7. The first-order valence-corrected chi connectivity index (χ1v) is 52.3. The fourth-order valence-corrected chi connectivity index (χ4v) is 22.5. The number of aromatic nitrogens is 5. The molecule has 133 heavy (non-hydrogen) atoms. The van der Waals surface area contributed by atoms with Gasteiger partial charge in [0.15, 0.2) is 57.1 Å². The number of thiazole rings is 5. The number of nitrogens with zero attached hydrogens (tertiary/aromatic N) is 10. The average molecular weight is 1910 g/mol. The Balaban J connectivity index is 0.000000206. The monoisotopic (exact) mass is 1910 g/mol. The number of carbonyl (C=O) groups is 5. The Hall–Kier alpha value is -9.28. The summed E-state index contributed by atoms with van der Waals surface area (Å²) in [6, 6.07) is 21.3. The summed E-state index contributed by atoms with van der Waals surface area (Å²) in [6.45, 7) is 54.0. The highest BCUT2D eigenvalue weighted by Gasteiger charge is 2.34. The van der Waals surface area contributed by atoms with Crippen molar-refractivity contribution < 1.29 is 53.1 Å². The molecule has 2 saturated carbocycles. The molecule has 724 valence electrons. The van der Waals surface area contributed by atoms with E-state index in [9.17, 15) is 34.2 Å². The molecule has 2 fully saturated rings. The van der Waals surface area contributed by atoms with Gasteiger partial charge in [-0.25, -0.2) is 24.9 Å². The number of methoxy groups -OCH3 is 2. The molecule has 5 aromatic heterocycles. The molecule has 0 atom stereocenters. The molecule has 0 radical (unpaired) electrons. The zero-order valence-corrected chi connectivity index (χ0v) is 88.1. The molecule has 10 aromatic rings. The van der Waals surface area contributed by atoms with E-state index in [4.69, 9.17) is 43.9 Å². The van der Waals surface area contributed by atoms with Crippen LogP contribution in [0.15, 0.2) is 60.7 Å². The maximum absolute atomic E-state index is 12.1. The lowest BCUT2D eigenvalue weighted by Crippen LogP contribution is -2.45. The van der Waals surface area contributed by atoms with Gasteiger partial charge < -0.3 is 53.7 Å². The van der Waals surface area contributed by atoms with Crippen LogP contribution in [-0.4, -0.2) is 158 Å². The number of anilines is 5.